The van der Waals surface area contributed by atoms with E-state index in [2.05, 4.69) is 5.32 Å². The average Bonchev–Trinajstić information content (AvgIpc) is 2.39. The lowest BCUT2D eigenvalue weighted by atomic mass is 10.0. The zero-order valence-corrected chi connectivity index (χ0v) is 12.7. The molecule has 1 atom stereocenters. The van der Waals surface area contributed by atoms with Gasteiger partial charge in [0.05, 0.1) is 11.4 Å². The number of hydrogen-bond donors (Lipinski definition) is 2. The number of nitrogens with one attached hydrogen (secondary N) is 1. The van der Waals surface area contributed by atoms with Crippen LogP contribution in [0.1, 0.15) is 18.0 Å². The van der Waals surface area contributed by atoms with Gasteiger partial charge < -0.3 is 10.4 Å². The minimum atomic E-state index is -4.25. The lowest BCUT2D eigenvalue weighted by molar-refractivity contribution is -0.148. The summed E-state index contributed by atoms with van der Waals surface area (Å²) in [6.45, 7) is 2.44. The molecule has 2 N–H and O–H groups in total. The molecule has 1 aliphatic heterocycles. The predicted octanol–water partition coefficient (Wildman–Crippen LogP) is 3.37. The van der Waals surface area contributed by atoms with Crippen LogP contribution < -0.4 is 5.32 Å². The number of hydrogen-bond acceptors (Lipinski definition) is 3. The molecule has 0 bridgehead atoms. The molecular formula is C13H17Cl2F3N2O. The van der Waals surface area contributed by atoms with Gasteiger partial charge in [0.25, 0.3) is 0 Å². The Balaban J connectivity index is 0.00000220. The predicted molar refractivity (Wildman–Crippen MR) is 78.2 cm³/mol. The van der Waals surface area contributed by atoms with Crippen LogP contribution >= 0.6 is 24.0 Å². The van der Waals surface area contributed by atoms with Crippen molar-refractivity contribution in [2.75, 3.05) is 26.2 Å². The van der Waals surface area contributed by atoms with Crippen LogP contribution in [0.2, 0.25) is 5.02 Å². The van der Waals surface area contributed by atoms with E-state index in [-0.39, 0.29) is 23.2 Å². The van der Waals surface area contributed by atoms with E-state index >= 15 is 0 Å². The second-order valence-electron chi connectivity index (χ2n) is 4.83. The Morgan fingerprint density at radius 3 is 2.43 bits per heavy atom. The molecular weight excluding hydrogens is 328 g/mol. The van der Waals surface area contributed by atoms with Crippen LogP contribution in [0.4, 0.5) is 13.2 Å². The number of halogens is 5. The maximum absolute atomic E-state index is 12.8. The zero-order valence-electron chi connectivity index (χ0n) is 11.2. The van der Waals surface area contributed by atoms with E-state index in [9.17, 15) is 18.3 Å². The van der Waals surface area contributed by atoms with Crippen molar-refractivity contribution in [1.82, 2.24) is 10.2 Å². The van der Waals surface area contributed by atoms with Gasteiger partial charge in [-0.2, -0.15) is 13.2 Å². The third-order valence-corrected chi connectivity index (χ3v) is 3.68. The SMILES string of the molecule is Cl.Oc1ccc([C@H](CC(F)(F)F)N2CCNCC2)cc1Cl. The summed E-state index contributed by atoms with van der Waals surface area (Å²) in [5, 5.41) is 12.6. The third-order valence-electron chi connectivity index (χ3n) is 3.37. The van der Waals surface area contributed by atoms with Gasteiger partial charge in [0.1, 0.15) is 5.75 Å². The molecule has 1 heterocycles. The van der Waals surface area contributed by atoms with Crippen molar-refractivity contribution in [3.8, 4) is 5.75 Å². The number of benzene rings is 1. The fourth-order valence-corrected chi connectivity index (χ4v) is 2.59. The Morgan fingerprint density at radius 2 is 1.90 bits per heavy atom. The van der Waals surface area contributed by atoms with Gasteiger partial charge in [0.15, 0.2) is 0 Å². The molecule has 1 aromatic carbocycles. The van der Waals surface area contributed by atoms with Crippen LogP contribution in [0.25, 0.3) is 0 Å². The van der Waals surface area contributed by atoms with E-state index < -0.39 is 18.6 Å². The van der Waals surface area contributed by atoms with Gasteiger partial charge in [-0.05, 0) is 17.7 Å². The Hall–Kier alpha value is -0.690. The molecule has 0 saturated carbocycles. The number of rotatable bonds is 3. The largest absolute Gasteiger partial charge is 0.506 e. The van der Waals surface area contributed by atoms with E-state index in [1.165, 1.54) is 18.2 Å². The fourth-order valence-electron chi connectivity index (χ4n) is 2.40. The van der Waals surface area contributed by atoms with Crippen molar-refractivity contribution in [3.63, 3.8) is 0 Å². The Kier molecular flexibility index (Phi) is 6.59. The second-order valence-corrected chi connectivity index (χ2v) is 5.24. The van der Waals surface area contributed by atoms with Crippen molar-refractivity contribution < 1.29 is 18.3 Å². The molecule has 0 aromatic heterocycles. The van der Waals surface area contributed by atoms with Gasteiger partial charge >= 0.3 is 6.18 Å². The van der Waals surface area contributed by atoms with Crippen molar-refractivity contribution >= 4 is 24.0 Å². The summed E-state index contributed by atoms with van der Waals surface area (Å²) >= 11 is 5.81. The van der Waals surface area contributed by atoms with Gasteiger partial charge in [-0.15, -0.1) is 12.4 Å². The highest BCUT2D eigenvalue weighted by Gasteiger charge is 2.36. The Labute approximate surface area is 132 Å². The summed E-state index contributed by atoms with van der Waals surface area (Å²) in [5.41, 5.74) is 0.479. The van der Waals surface area contributed by atoms with Crippen LogP contribution in [0, 0.1) is 0 Å². The number of nitrogens with zero attached hydrogens (tertiary/aromatic N) is 1. The molecule has 1 aliphatic rings. The lowest BCUT2D eigenvalue weighted by Gasteiger charge is -2.35. The molecule has 2 rings (SSSR count). The molecule has 120 valence electrons. The molecule has 3 nitrogen and oxygen atoms in total. The Bertz CT molecular complexity index is 465. The first-order valence-electron chi connectivity index (χ1n) is 6.37. The standard InChI is InChI=1S/C13H16ClF3N2O.ClH/c14-10-7-9(1-2-12(10)20)11(8-13(15,16)17)19-5-3-18-4-6-19;/h1-2,7,11,18,20H,3-6,8H2;1H/t11-;/m0./s1. The minimum absolute atomic E-state index is 0. The van der Waals surface area contributed by atoms with Crippen molar-refractivity contribution in [1.29, 1.82) is 0 Å². The van der Waals surface area contributed by atoms with Gasteiger partial charge in [-0.25, -0.2) is 0 Å². The molecule has 0 aliphatic carbocycles. The lowest BCUT2D eigenvalue weighted by Crippen LogP contribution is -2.46. The minimum Gasteiger partial charge on any atom is -0.506 e. The van der Waals surface area contributed by atoms with Crippen molar-refractivity contribution in [3.05, 3.63) is 28.8 Å². The topological polar surface area (TPSA) is 35.5 Å². The van der Waals surface area contributed by atoms with Crippen LogP contribution in [0.15, 0.2) is 18.2 Å². The van der Waals surface area contributed by atoms with Gasteiger partial charge in [0, 0.05) is 32.2 Å². The molecule has 1 fully saturated rings. The van der Waals surface area contributed by atoms with Crippen LogP contribution in [-0.2, 0) is 0 Å². The fraction of sp³-hybridized carbons (Fsp3) is 0.538. The summed E-state index contributed by atoms with van der Waals surface area (Å²) in [6.07, 6.45) is -5.17. The zero-order chi connectivity index (χ0) is 14.8. The van der Waals surface area contributed by atoms with Crippen LogP contribution in [0.5, 0.6) is 5.75 Å². The van der Waals surface area contributed by atoms with Crippen molar-refractivity contribution in [2.24, 2.45) is 0 Å². The first-order chi connectivity index (χ1) is 9.37. The van der Waals surface area contributed by atoms with Gasteiger partial charge in [-0.1, -0.05) is 17.7 Å². The summed E-state index contributed by atoms with van der Waals surface area (Å²) in [7, 11) is 0. The number of piperazine rings is 1. The summed E-state index contributed by atoms with van der Waals surface area (Å²) in [6, 6.07) is 3.48. The average molecular weight is 345 g/mol. The summed E-state index contributed by atoms with van der Waals surface area (Å²) < 4.78 is 38.4. The molecule has 1 saturated heterocycles. The maximum atomic E-state index is 12.8. The van der Waals surface area contributed by atoms with Crippen LogP contribution in [-0.4, -0.2) is 42.4 Å². The molecule has 0 amide bonds. The third kappa shape index (κ3) is 5.21. The molecule has 1 aromatic rings. The van der Waals surface area contributed by atoms with Crippen LogP contribution in [0.3, 0.4) is 0 Å². The highest BCUT2D eigenvalue weighted by Crippen LogP contribution is 2.36. The first kappa shape index (κ1) is 18.4. The number of aromatic hydroxyl groups is 1. The molecule has 0 spiro atoms. The van der Waals surface area contributed by atoms with Gasteiger partial charge in [-0.3, -0.25) is 4.90 Å². The van der Waals surface area contributed by atoms with Gasteiger partial charge in [0.2, 0.25) is 0 Å². The molecule has 0 radical (unpaired) electrons. The summed E-state index contributed by atoms with van der Waals surface area (Å²) in [4.78, 5) is 1.80. The normalized spacial score (nSPS) is 18.1. The maximum Gasteiger partial charge on any atom is 0.390 e. The second kappa shape index (κ2) is 7.54. The van der Waals surface area contributed by atoms with E-state index in [4.69, 9.17) is 11.6 Å². The number of phenols is 1. The first-order valence-corrected chi connectivity index (χ1v) is 6.74. The summed E-state index contributed by atoms with van der Waals surface area (Å²) in [5.74, 6) is -0.124. The number of alkyl halides is 3. The Morgan fingerprint density at radius 1 is 1.29 bits per heavy atom. The van der Waals surface area contributed by atoms with E-state index in [0.29, 0.717) is 31.7 Å². The monoisotopic (exact) mass is 344 g/mol. The molecule has 0 unspecified atom stereocenters. The van der Waals surface area contributed by atoms with E-state index in [0.717, 1.165) is 0 Å². The smallest absolute Gasteiger partial charge is 0.390 e. The quantitative estimate of drug-likeness (QED) is 0.882. The van der Waals surface area contributed by atoms with E-state index in [1.807, 2.05) is 0 Å². The number of phenolic OH excluding ortho intramolecular Hbond substituents is 1. The highest BCUT2D eigenvalue weighted by atomic mass is 35.5. The highest BCUT2D eigenvalue weighted by molar-refractivity contribution is 6.32. The van der Waals surface area contributed by atoms with E-state index in [1.54, 1.807) is 4.90 Å². The molecule has 8 heteroatoms. The van der Waals surface area contributed by atoms with Crippen molar-refractivity contribution in [2.45, 2.75) is 18.6 Å². The molecule has 21 heavy (non-hydrogen) atoms.